The van der Waals surface area contributed by atoms with Crippen molar-refractivity contribution in [1.82, 2.24) is 4.98 Å². The lowest BCUT2D eigenvalue weighted by molar-refractivity contribution is -0.389. The molecule has 94 valence electrons. The van der Waals surface area contributed by atoms with E-state index in [1.807, 2.05) is 0 Å². The van der Waals surface area contributed by atoms with Crippen LogP contribution < -0.4 is 9.47 Å². The molecule has 0 aliphatic carbocycles. The summed E-state index contributed by atoms with van der Waals surface area (Å²) in [6, 6.07) is 0. The van der Waals surface area contributed by atoms with Crippen LogP contribution in [0.5, 0.6) is 11.5 Å². The molecule has 0 spiro atoms. The number of alkyl halides is 3. The van der Waals surface area contributed by atoms with E-state index in [1.54, 1.807) is 0 Å². The molecule has 0 aromatic carbocycles. The van der Waals surface area contributed by atoms with Crippen LogP contribution in [0.25, 0.3) is 0 Å². The fourth-order valence-corrected chi connectivity index (χ4v) is 1.18. The van der Waals surface area contributed by atoms with Crippen molar-refractivity contribution in [2.24, 2.45) is 0 Å². The molecule has 6 nitrogen and oxygen atoms in total. The minimum absolute atomic E-state index is 0.0914. The van der Waals surface area contributed by atoms with Crippen LogP contribution in [0, 0.1) is 17.0 Å². The third-order valence-electron chi connectivity index (χ3n) is 1.76. The molecule has 1 heterocycles. The van der Waals surface area contributed by atoms with Gasteiger partial charge in [0.1, 0.15) is 0 Å². The van der Waals surface area contributed by atoms with Gasteiger partial charge < -0.3 is 9.47 Å². The quantitative estimate of drug-likeness (QED) is 0.609. The Hall–Kier alpha value is -2.06. The minimum Gasteiger partial charge on any atom is -0.489 e. The summed E-state index contributed by atoms with van der Waals surface area (Å²) in [5, 5.41) is 10.7. The highest BCUT2D eigenvalue weighted by molar-refractivity contribution is 5.58. The van der Waals surface area contributed by atoms with Gasteiger partial charge in [-0.05, 0) is 6.92 Å². The number of hydrogen-bond donors (Lipinski definition) is 0. The second kappa shape index (κ2) is 4.44. The maximum absolute atomic E-state index is 12.0. The fourth-order valence-electron chi connectivity index (χ4n) is 1.18. The van der Waals surface area contributed by atoms with Crippen LogP contribution >= 0.6 is 0 Å². The van der Waals surface area contributed by atoms with E-state index < -0.39 is 22.7 Å². The third kappa shape index (κ3) is 2.95. The topological polar surface area (TPSA) is 74.5 Å². The van der Waals surface area contributed by atoms with E-state index in [1.165, 1.54) is 6.92 Å². The molecule has 0 fully saturated rings. The average Bonchev–Trinajstić information content (AvgIpc) is 2.17. The summed E-state index contributed by atoms with van der Waals surface area (Å²) in [6.07, 6.45) is -4.41. The van der Waals surface area contributed by atoms with Gasteiger partial charge in [0.25, 0.3) is 0 Å². The van der Waals surface area contributed by atoms with Gasteiger partial charge in [-0.15, -0.1) is 13.2 Å². The first-order valence-electron chi connectivity index (χ1n) is 4.20. The van der Waals surface area contributed by atoms with E-state index >= 15 is 0 Å². The predicted octanol–water partition coefficient (Wildman–Crippen LogP) is 2.21. The number of ether oxygens (including phenoxy) is 2. The molecule has 0 saturated heterocycles. The Labute approximate surface area is 93.1 Å². The Morgan fingerprint density at radius 1 is 1.47 bits per heavy atom. The number of nitrogens with zero attached hydrogens (tertiary/aromatic N) is 2. The van der Waals surface area contributed by atoms with E-state index in [4.69, 9.17) is 0 Å². The van der Waals surface area contributed by atoms with Crippen molar-refractivity contribution in [2.45, 2.75) is 13.3 Å². The Kier molecular flexibility index (Phi) is 3.39. The molecule has 0 N–H and O–H groups in total. The molecule has 0 unspecified atom stereocenters. The number of hydrogen-bond acceptors (Lipinski definition) is 5. The fraction of sp³-hybridized carbons (Fsp3) is 0.375. The van der Waals surface area contributed by atoms with E-state index in [9.17, 15) is 23.3 Å². The highest BCUT2D eigenvalue weighted by Crippen LogP contribution is 2.39. The highest BCUT2D eigenvalue weighted by Gasteiger charge is 2.36. The first kappa shape index (κ1) is 13.0. The van der Waals surface area contributed by atoms with Crippen LogP contribution in [-0.4, -0.2) is 23.4 Å². The van der Waals surface area contributed by atoms with Crippen molar-refractivity contribution in [3.05, 3.63) is 22.0 Å². The Bertz CT molecular complexity index is 447. The van der Waals surface area contributed by atoms with Gasteiger partial charge >= 0.3 is 12.0 Å². The maximum atomic E-state index is 12.0. The molecule has 0 amide bonds. The van der Waals surface area contributed by atoms with Gasteiger partial charge in [0.2, 0.25) is 11.5 Å². The summed E-state index contributed by atoms with van der Waals surface area (Å²) >= 11 is 0. The average molecular weight is 252 g/mol. The molecule has 0 bridgehead atoms. The smallest absolute Gasteiger partial charge is 0.489 e. The molecule has 1 aromatic rings. The normalized spacial score (nSPS) is 11.1. The lowest BCUT2D eigenvalue weighted by Gasteiger charge is -2.11. The molecule has 0 atom stereocenters. The second-order valence-corrected chi connectivity index (χ2v) is 2.89. The first-order valence-corrected chi connectivity index (χ1v) is 4.20. The SMILES string of the molecule is COc1c(C)ncc(OC(F)(F)F)c1[N+](=O)[O-]. The van der Waals surface area contributed by atoms with Crippen LogP contribution in [0.15, 0.2) is 6.20 Å². The largest absolute Gasteiger partial charge is 0.573 e. The number of methoxy groups -OCH3 is 1. The highest BCUT2D eigenvalue weighted by atomic mass is 19.4. The molecule has 0 aliphatic heterocycles. The summed E-state index contributed by atoms with van der Waals surface area (Å²) in [4.78, 5) is 13.2. The summed E-state index contributed by atoms with van der Waals surface area (Å²) in [7, 11) is 1.09. The molecule has 1 aromatic heterocycles. The van der Waals surface area contributed by atoms with Crippen molar-refractivity contribution < 1.29 is 27.6 Å². The van der Waals surface area contributed by atoms with Crippen molar-refractivity contribution >= 4 is 5.69 Å². The number of aryl methyl sites for hydroxylation is 1. The van der Waals surface area contributed by atoms with Crippen LogP contribution in [0.4, 0.5) is 18.9 Å². The zero-order chi connectivity index (χ0) is 13.2. The molecule has 17 heavy (non-hydrogen) atoms. The van der Waals surface area contributed by atoms with Crippen LogP contribution in [0.2, 0.25) is 0 Å². The summed E-state index contributed by atoms with van der Waals surface area (Å²) in [5.41, 5.74) is -0.814. The van der Waals surface area contributed by atoms with Crippen LogP contribution in [-0.2, 0) is 0 Å². The number of rotatable bonds is 3. The molecular formula is C8H7F3N2O4. The van der Waals surface area contributed by atoms with Gasteiger partial charge in [-0.2, -0.15) is 0 Å². The molecule has 9 heteroatoms. The predicted molar refractivity (Wildman–Crippen MR) is 48.9 cm³/mol. The lowest BCUT2D eigenvalue weighted by atomic mass is 10.3. The number of halogens is 3. The van der Waals surface area contributed by atoms with Crippen LogP contribution in [0.1, 0.15) is 5.69 Å². The monoisotopic (exact) mass is 252 g/mol. The van der Waals surface area contributed by atoms with Crippen molar-refractivity contribution in [1.29, 1.82) is 0 Å². The van der Waals surface area contributed by atoms with Crippen molar-refractivity contribution in [3.8, 4) is 11.5 Å². The molecule has 0 aliphatic rings. The standard InChI is InChI=1S/C8H7F3N2O4/c1-4-7(16-2)6(13(14)15)5(3-12-4)17-8(9,10)11/h3H,1-2H3. The van der Waals surface area contributed by atoms with E-state index in [0.29, 0.717) is 6.20 Å². The minimum atomic E-state index is -5.04. The van der Waals surface area contributed by atoms with Gasteiger partial charge in [-0.1, -0.05) is 0 Å². The molecule has 0 radical (unpaired) electrons. The Morgan fingerprint density at radius 3 is 2.47 bits per heavy atom. The molecule has 0 saturated carbocycles. The second-order valence-electron chi connectivity index (χ2n) is 2.89. The van der Waals surface area contributed by atoms with Gasteiger partial charge in [-0.25, -0.2) is 0 Å². The molecule has 1 rings (SSSR count). The van der Waals surface area contributed by atoms with E-state index in [0.717, 1.165) is 7.11 Å². The van der Waals surface area contributed by atoms with Crippen molar-refractivity contribution in [3.63, 3.8) is 0 Å². The van der Waals surface area contributed by atoms with Crippen LogP contribution in [0.3, 0.4) is 0 Å². The van der Waals surface area contributed by atoms with Gasteiger partial charge in [0.15, 0.2) is 0 Å². The summed E-state index contributed by atoms with van der Waals surface area (Å²) in [5.74, 6) is -1.37. The first-order chi connectivity index (χ1) is 7.76. The Morgan fingerprint density at radius 2 is 2.06 bits per heavy atom. The lowest BCUT2D eigenvalue weighted by Crippen LogP contribution is -2.18. The Balaban J connectivity index is 3.36. The number of aromatic nitrogens is 1. The summed E-state index contributed by atoms with van der Waals surface area (Å²) < 4.78 is 44.2. The molecular weight excluding hydrogens is 245 g/mol. The third-order valence-corrected chi connectivity index (χ3v) is 1.76. The van der Waals surface area contributed by atoms with Gasteiger partial charge in [0, 0.05) is 0 Å². The number of nitro groups is 1. The van der Waals surface area contributed by atoms with E-state index in [-0.39, 0.29) is 11.4 Å². The number of pyridine rings is 1. The van der Waals surface area contributed by atoms with Gasteiger partial charge in [-0.3, -0.25) is 15.1 Å². The van der Waals surface area contributed by atoms with E-state index in [2.05, 4.69) is 14.5 Å². The zero-order valence-electron chi connectivity index (χ0n) is 8.74. The zero-order valence-corrected chi connectivity index (χ0v) is 8.74. The van der Waals surface area contributed by atoms with Crippen molar-refractivity contribution in [2.75, 3.05) is 7.11 Å². The maximum Gasteiger partial charge on any atom is 0.573 e. The summed E-state index contributed by atoms with van der Waals surface area (Å²) in [6.45, 7) is 1.36. The van der Waals surface area contributed by atoms with Gasteiger partial charge in [0.05, 0.1) is 23.9 Å².